The molecule has 0 spiro atoms. The molecular weight excluding hydrogens is 424 g/mol. The molecule has 0 atom stereocenters. The summed E-state index contributed by atoms with van der Waals surface area (Å²) in [6.07, 6.45) is 0.660. The SMILES string of the molecule is O=C(O)CC1CN(C(=O)c2occc2NC(=O)OCC2c3ccccc3-c3ccccc32)C1. The number of rotatable bonds is 6. The van der Waals surface area contributed by atoms with Crippen LogP contribution in [0, 0.1) is 5.92 Å². The van der Waals surface area contributed by atoms with Crippen molar-refractivity contribution in [1.29, 1.82) is 0 Å². The van der Waals surface area contributed by atoms with E-state index in [-0.39, 0.29) is 36.3 Å². The number of furan rings is 1. The van der Waals surface area contributed by atoms with Crippen molar-refractivity contribution in [3.8, 4) is 11.1 Å². The van der Waals surface area contributed by atoms with Crippen LogP contribution in [0.25, 0.3) is 11.1 Å². The number of anilines is 1. The Balaban J connectivity index is 1.22. The fraction of sp³-hybridized carbons (Fsp3) is 0.240. The third-order valence-electron chi connectivity index (χ3n) is 6.15. The van der Waals surface area contributed by atoms with Crippen molar-refractivity contribution in [2.75, 3.05) is 25.0 Å². The third kappa shape index (κ3) is 3.95. The molecule has 2 amide bonds. The second-order valence-corrected chi connectivity index (χ2v) is 8.29. The number of nitrogens with zero attached hydrogens (tertiary/aromatic N) is 1. The predicted octanol–water partition coefficient (Wildman–Crippen LogP) is 4.19. The Bertz CT molecular complexity index is 1180. The summed E-state index contributed by atoms with van der Waals surface area (Å²) in [6.45, 7) is 0.844. The molecule has 8 heteroatoms. The van der Waals surface area contributed by atoms with Gasteiger partial charge < -0.3 is 19.2 Å². The van der Waals surface area contributed by atoms with Crippen LogP contribution in [0.1, 0.15) is 34.0 Å². The van der Waals surface area contributed by atoms with Gasteiger partial charge in [-0.05, 0) is 22.3 Å². The molecule has 2 aromatic carbocycles. The highest BCUT2D eigenvalue weighted by Crippen LogP contribution is 2.44. The van der Waals surface area contributed by atoms with Gasteiger partial charge in [0.05, 0.1) is 18.4 Å². The van der Waals surface area contributed by atoms with Crippen molar-refractivity contribution >= 4 is 23.7 Å². The van der Waals surface area contributed by atoms with Gasteiger partial charge in [0, 0.05) is 31.0 Å². The average molecular weight is 446 g/mol. The number of ether oxygens (including phenoxy) is 1. The first-order chi connectivity index (χ1) is 16.0. The number of benzene rings is 2. The Morgan fingerprint density at radius 3 is 2.27 bits per heavy atom. The van der Waals surface area contributed by atoms with Gasteiger partial charge in [0.2, 0.25) is 5.76 Å². The van der Waals surface area contributed by atoms with Gasteiger partial charge in [-0.2, -0.15) is 0 Å². The Morgan fingerprint density at radius 2 is 1.64 bits per heavy atom. The van der Waals surface area contributed by atoms with Crippen LogP contribution in [0.15, 0.2) is 65.3 Å². The van der Waals surface area contributed by atoms with Crippen LogP contribution in [0.2, 0.25) is 0 Å². The van der Waals surface area contributed by atoms with Crippen LogP contribution in [0.5, 0.6) is 0 Å². The lowest BCUT2D eigenvalue weighted by Crippen LogP contribution is -2.50. The van der Waals surface area contributed by atoms with E-state index in [2.05, 4.69) is 17.4 Å². The maximum Gasteiger partial charge on any atom is 0.411 e. The number of hydrogen-bond donors (Lipinski definition) is 2. The van der Waals surface area contributed by atoms with Gasteiger partial charge in [0.25, 0.3) is 5.91 Å². The maximum absolute atomic E-state index is 12.7. The second-order valence-electron chi connectivity index (χ2n) is 8.29. The Labute approximate surface area is 189 Å². The molecule has 5 rings (SSSR count). The van der Waals surface area contributed by atoms with Crippen LogP contribution in [0.4, 0.5) is 10.5 Å². The molecule has 33 heavy (non-hydrogen) atoms. The lowest BCUT2D eigenvalue weighted by atomic mass is 9.96. The number of fused-ring (bicyclic) bond motifs is 3. The molecule has 2 N–H and O–H groups in total. The summed E-state index contributed by atoms with van der Waals surface area (Å²) >= 11 is 0. The number of nitrogens with one attached hydrogen (secondary N) is 1. The van der Waals surface area contributed by atoms with Gasteiger partial charge in [0.15, 0.2) is 0 Å². The number of carboxylic acids is 1. The molecular formula is C25H22N2O6. The number of aliphatic carboxylic acids is 1. The van der Waals surface area contributed by atoms with E-state index < -0.39 is 18.0 Å². The Morgan fingerprint density at radius 1 is 1.00 bits per heavy atom. The van der Waals surface area contributed by atoms with E-state index in [1.807, 2.05) is 36.4 Å². The van der Waals surface area contributed by atoms with Crippen LogP contribution in [-0.4, -0.2) is 47.7 Å². The molecule has 1 aliphatic carbocycles. The van der Waals surface area contributed by atoms with Crippen molar-refractivity contribution < 1.29 is 28.6 Å². The van der Waals surface area contributed by atoms with E-state index in [0.29, 0.717) is 13.1 Å². The van der Waals surface area contributed by atoms with Gasteiger partial charge in [-0.3, -0.25) is 14.9 Å². The molecule has 168 valence electrons. The standard InChI is InChI=1S/C25H22N2O6/c28-22(29)11-15-12-27(13-15)24(30)23-21(9-10-32-23)26-25(31)33-14-20-18-7-3-1-5-16(18)17-6-2-4-8-19(17)20/h1-10,15,20H,11-14H2,(H,26,31)(H,28,29). The second kappa shape index (κ2) is 8.46. The zero-order chi connectivity index (χ0) is 22.9. The summed E-state index contributed by atoms with van der Waals surface area (Å²) in [5.41, 5.74) is 4.72. The molecule has 1 aliphatic heterocycles. The quantitative estimate of drug-likeness (QED) is 0.588. The minimum atomic E-state index is -0.886. The topological polar surface area (TPSA) is 109 Å². The fourth-order valence-electron chi connectivity index (χ4n) is 4.57. The van der Waals surface area contributed by atoms with Gasteiger partial charge in [0.1, 0.15) is 6.61 Å². The van der Waals surface area contributed by atoms with Gasteiger partial charge in [-0.15, -0.1) is 0 Å². The first-order valence-corrected chi connectivity index (χ1v) is 10.7. The zero-order valence-electron chi connectivity index (χ0n) is 17.7. The molecule has 1 saturated heterocycles. The molecule has 1 fully saturated rings. The molecule has 8 nitrogen and oxygen atoms in total. The smallest absolute Gasteiger partial charge is 0.411 e. The normalized spacial score (nSPS) is 14.8. The molecule has 0 saturated carbocycles. The average Bonchev–Trinajstić information content (AvgIpc) is 3.36. The summed E-state index contributed by atoms with van der Waals surface area (Å²) in [6, 6.07) is 17.6. The number of carboxylic acid groups (broad SMARTS) is 1. The molecule has 3 aromatic rings. The highest BCUT2D eigenvalue weighted by molar-refractivity contribution is 6.00. The molecule has 2 aliphatic rings. The largest absolute Gasteiger partial charge is 0.481 e. The van der Waals surface area contributed by atoms with E-state index in [1.54, 1.807) is 0 Å². The number of hydrogen-bond acceptors (Lipinski definition) is 5. The van der Waals surface area contributed by atoms with E-state index in [0.717, 1.165) is 22.3 Å². The van der Waals surface area contributed by atoms with Crippen molar-refractivity contribution in [2.45, 2.75) is 12.3 Å². The van der Waals surface area contributed by atoms with E-state index >= 15 is 0 Å². The highest BCUT2D eigenvalue weighted by atomic mass is 16.5. The van der Waals surface area contributed by atoms with Crippen molar-refractivity contribution in [2.24, 2.45) is 5.92 Å². The predicted molar refractivity (Wildman–Crippen MR) is 119 cm³/mol. The van der Waals surface area contributed by atoms with Crippen molar-refractivity contribution in [3.05, 3.63) is 77.7 Å². The first-order valence-electron chi connectivity index (χ1n) is 10.7. The van der Waals surface area contributed by atoms with Crippen LogP contribution in [-0.2, 0) is 9.53 Å². The van der Waals surface area contributed by atoms with Gasteiger partial charge in [-0.25, -0.2) is 4.79 Å². The number of carbonyl (C=O) groups is 3. The van der Waals surface area contributed by atoms with Crippen molar-refractivity contribution in [1.82, 2.24) is 4.90 Å². The molecule has 0 bridgehead atoms. The Hall–Kier alpha value is -4.07. The monoisotopic (exact) mass is 446 g/mol. The van der Waals surface area contributed by atoms with Crippen LogP contribution in [0.3, 0.4) is 0 Å². The van der Waals surface area contributed by atoms with E-state index in [9.17, 15) is 14.4 Å². The van der Waals surface area contributed by atoms with Crippen LogP contribution < -0.4 is 5.32 Å². The van der Waals surface area contributed by atoms with E-state index in [1.165, 1.54) is 17.2 Å². The highest BCUT2D eigenvalue weighted by Gasteiger charge is 2.35. The van der Waals surface area contributed by atoms with Gasteiger partial charge >= 0.3 is 12.1 Å². The molecule has 0 radical (unpaired) electrons. The lowest BCUT2D eigenvalue weighted by molar-refractivity contribution is -0.139. The minimum Gasteiger partial charge on any atom is -0.481 e. The number of amides is 2. The summed E-state index contributed by atoms with van der Waals surface area (Å²) in [5.74, 6) is -1.42. The lowest BCUT2D eigenvalue weighted by Gasteiger charge is -2.38. The summed E-state index contributed by atoms with van der Waals surface area (Å²) in [7, 11) is 0. The minimum absolute atomic E-state index is 0.00252. The van der Waals surface area contributed by atoms with Crippen molar-refractivity contribution in [3.63, 3.8) is 0 Å². The molecule has 2 heterocycles. The third-order valence-corrected chi connectivity index (χ3v) is 6.15. The summed E-state index contributed by atoms with van der Waals surface area (Å²) in [4.78, 5) is 37.5. The number of carbonyl (C=O) groups excluding carboxylic acids is 2. The fourth-order valence-corrected chi connectivity index (χ4v) is 4.57. The zero-order valence-corrected chi connectivity index (χ0v) is 17.7. The Kier molecular flexibility index (Phi) is 5.34. The molecule has 0 unspecified atom stereocenters. The number of likely N-dealkylation sites (tertiary alicyclic amines) is 1. The van der Waals surface area contributed by atoms with Gasteiger partial charge in [-0.1, -0.05) is 48.5 Å². The summed E-state index contributed by atoms with van der Waals surface area (Å²) < 4.78 is 10.8. The summed E-state index contributed by atoms with van der Waals surface area (Å²) in [5, 5.41) is 11.4. The first kappa shape index (κ1) is 20.8. The molecule has 1 aromatic heterocycles. The van der Waals surface area contributed by atoms with Crippen LogP contribution >= 0.6 is 0 Å². The van der Waals surface area contributed by atoms with E-state index in [4.69, 9.17) is 14.3 Å². The maximum atomic E-state index is 12.7.